The lowest BCUT2D eigenvalue weighted by Crippen LogP contribution is -2.41. The fourth-order valence-electron chi connectivity index (χ4n) is 0.774. The molecule has 0 N–H and O–H groups in total. The van der Waals surface area contributed by atoms with Crippen LogP contribution in [0.15, 0.2) is 18.2 Å². The molecule has 0 spiro atoms. The van der Waals surface area contributed by atoms with Crippen molar-refractivity contribution in [2.45, 2.75) is 12.3 Å². The molecule has 0 amide bonds. The molecular weight excluding hydrogens is 259 g/mol. The van der Waals surface area contributed by atoms with Crippen LogP contribution in [0, 0.1) is 0 Å². The van der Waals surface area contributed by atoms with Crippen LogP contribution in [-0.2, 0) is 5.11 Å². The van der Waals surface area contributed by atoms with Crippen molar-refractivity contribution in [1.82, 2.24) is 0 Å². The summed E-state index contributed by atoms with van der Waals surface area (Å²) in [5.74, 6) is -2.39. The summed E-state index contributed by atoms with van der Waals surface area (Å²) in [6.45, 7) is 0. The Balaban J connectivity index is 3.06. The van der Waals surface area contributed by atoms with Gasteiger partial charge in [-0.25, -0.2) is 0 Å². The van der Waals surface area contributed by atoms with Gasteiger partial charge in [-0.3, -0.25) is 5.11 Å². The van der Waals surface area contributed by atoms with E-state index in [1.807, 2.05) is 0 Å². The molecule has 0 aliphatic carbocycles. The zero-order valence-corrected chi connectivity index (χ0v) is 8.07. The second-order valence-corrected chi connectivity index (χ2v) is 3.09. The van der Waals surface area contributed by atoms with E-state index in [4.69, 9.17) is 11.6 Å². The molecule has 0 bridgehead atoms. The molecule has 1 rings (SSSR count). The molecule has 89 valence electrons. The number of ether oxygens (including phenoxy) is 1. The van der Waals surface area contributed by atoms with Crippen molar-refractivity contribution in [2.75, 3.05) is 0 Å². The Morgan fingerprint density at radius 3 is 2.12 bits per heavy atom. The normalized spacial score (nSPS) is 12.6. The number of hydrogen-bond acceptors (Lipinski definition) is 1. The van der Waals surface area contributed by atoms with E-state index in [1.165, 1.54) is 0 Å². The van der Waals surface area contributed by atoms with Gasteiger partial charge in [0.15, 0.2) is 5.75 Å². The highest BCUT2D eigenvalue weighted by Gasteiger charge is 2.61. The van der Waals surface area contributed by atoms with E-state index in [-0.39, 0.29) is 0 Å². The summed E-state index contributed by atoms with van der Waals surface area (Å²) in [4.78, 5) is 0. The lowest BCUT2D eigenvalue weighted by atomic mass is 10.3. The van der Waals surface area contributed by atoms with Crippen molar-refractivity contribution in [3.63, 3.8) is 0 Å². The largest absolute Gasteiger partial charge is 0.499 e. The summed E-state index contributed by atoms with van der Waals surface area (Å²) in [6, 6.07) is 2.82. The van der Waals surface area contributed by atoms with Crippen LogP contribution >= 0.6 is 11.6 Å². The zero-order valence-electron chi connectivity index (χ0n) is 7.32. The summed E-state index contributed by atoms with van der Waals surface area (Å²) >= 11 is 5.26. The fraction of sp³-hybridized carbons (Fsp3) is 0.250. The average Bonchev–Trinajstić information content (AvgIpc) is 2.10. The number of halogens is 6. The van der Waals surface area contributed by atoms with Gasteiger partial charge in [-0.2, -0.15) is 22.0 Å². The third-order valence-corrected chi connectivity index (χ3v) is 1.79. The van der Waals surface area contributed by atoms with Gasteiger partial charge in [0.1, 0.15) is 0 Å². The lowest BCUT2D eigenvalue weighted by Gasteiger charge is -2.20. The topological polar surface area (TPSA) is 29.1 Å². The molecule has 0 saturated carbocycles. The van der Waals surface area contributed by atoms with Gasteiger partial charge in [-0.1, -0.05) is 17.7 Å². The van der Waals surface area contributed by atoms with E-state index >= 15 is 0 Å². The third kappa shape index (κ3) is 2.46. The van der Waals surface area contributed by atoms with Crippen LogP contribution in [0.2, 0.25) is 5.02 Å². The van der Waals surface area contributed by atoms with Gasteiger partial charge in [0, 0.05) is 0 Å². The molecule has 0 unspecified atom stereocenters. The molecular formula is C8H3ClF5O2. The first-order valence-electron chi connectivity index (χ1n) is 3.74. The molecule has 0 aliphatic rings. The van der Waals surface area contributed by atoms with E-state index in [0.29, 0.717) is 0 Å². The van der Waals surface area contributed by atoms with E-state index in [1.54, 1.807) is 0 Å². The minimum Gasteiger partial charge on any atom is -0.420 e. The number of benzene rings is 1. The molecule has 0 aromatic heterocycles. The Bertz CT molecular complexity index is 370. The molecule has 1 radical (unpaired) electrons. The zero-order chi connectivity index (χ0) is 12.6. The monoisotopic (exact) mass is 261 g/mol. The van der Waals surface area contributed by atoms with E-state index in [0.717, 1.165) is 18.2 Å². The maximum atomic E-state index is 12.4. The second-order valence-electron chi connectivity index (χ2n) is 2.68. The highest BCUT2D eigenvalue weighted by atomic mass is 35.5. The molecule has 0 fully saturated rings. The number of para-hydroxylation sites is 1. The van der Waals surface area contributed by atoms with E-state index in [2.05, 4.69) is 4.74 Å². The van der Waals surface area contributed by atoms with Crippen molar-refractivity contribution >= 4 is 11.6 Å². The van der Waals surface area contributed by atoms with Gasteiger partial charge in [0.25, 0.3) is 0 Å². The van der Waals surface area contributed by atoms with Crippen LogP contribution < -0.4 is 4.74 Å². The molecule has 1 aromatic carbocycles. The highest BCUT2D eigenvalue weighted by molar-refractivity contribution is 6.32. The van der Waals surface area contributed by atoms with Gasteiger partial charge in [0.2, 0.25) is 5.75 Å². The number of alkyl halides is 5. The highest BCUT2D eigenvalue weighted by Crippen LogP contribution is 2.42. The van der Waals surface area contributed by atoms with Crippen LogP contribution in [0.1, 0.15) is 0 Å². The maximum Gasteiger partial charge on any atom is 0.499 e. The Morgan fingerprint density at radius 2 is 1.69 bits per heavy atom. The fourth-order valence-corrected chi connectivity index (χ4v) is 0.979. The van der Waals surface area contributed by atoms with Crippen molar-refractivity contribution in [3.8, 4) is 11.5 Å². The lowest BCUT2D eigenvalue weighted by molar-refractivity contribution is -0.360. The Labute approximate surface area is 91.2 Å². The van der Waals surface area contributed by atoms with Gasteiger partial charge in [0.05, 0.1) is 5.02 Å². The van der Waals surface area contributed by atoms with Crippen LogP contribution in [0.5, 0.6) is 11.5 Å². The predicted octanol–water partition coefficient (Wildman–Crippen LogP) is 4.02. The Hall–Kier alpha value is -1.24. The SMILES string of the molecule is [O]c1cccc(Cl)c1OC(F)(F)C(F)(F)F. The van der Waals surface area contributed by atoms with Crippen molar-refractivity contribution < 1.29 is 31.8 Å². The Kier molecular flexibility index (Phi) is 3.18. The molecule has 16 heavy (non-hydrogen) atoms. The minimum atomic E-state index is -5.92. The molecule has 8 heteroatoms. The van der Waals surface area contributed by atoms with Gasteiger partial charge in [-0.15, -0.1) is 0 Å². The molecule has 2 nitrogen and oxygen atoms in total. The second kappa shape index (κ2) is 3.97. The van der Waals surface area contributed by atoms with Crippen molar-refractivity contribution in [1.29, 1.82) is 0 Å². The minimum absolute atomic E-state index is 0.614. The molecule has 0 heterocycles. The summed E-state index contributed by atoms with van der Waals surface area (Å²) in [7, 11) is 0. The molecule has 1 aromatic rings. The van der Waals surface area contributed by atoms with Crippen molar-refractivity contribution in [2.24, 2.45) is 0 Å². The number of hydrogen-bond donors (Lipinski definition) is 0. The van der Waals surface area contributed by atoms with Gasteiger partial charge in [-0.05, 0) is 12.1 Å². The third-order valence-electron chi connectivity index (χ3n) is 1.49. The van der Waals surface area contributed by atoms with Crippen LogP contribution in [0.25, 0.3) is 0 Å². The average molecular weight is 262 g/mol. The molecule has 0 atom stereocenters. The quantitative estimate of drug-likeness (QED) is 0.739. The summed E-state index contributed by atoms with van der Waals surface area (Å²) in [5, 5.41) is 10.3. The summed E-state index contributed by atoms with van der Waals surface area (Å²) in [6.07, 6.45) is -11.4. The standard InChI is InChI=1S/C8H3ClF5O2/c9-4-2-1-3-5(15)6(4)16-8(13,14)7(10,11)12/h1-3H. The van der Waals surface area contributed by atoms with E-state index in [9.17, 15) is 27.1 Å². The van der Waals surface area contributed by atoms with Crippen LogP contribution in [0.4, 0.5) is 22.0 Å². The molecule has 0 saturated heterocycles. The molecule has 0 aliphatic heterocycles. The Morgan fingerprint density at radius 1 is 1.12 bits per heavy atom. The maximum absolute atomic E-state index is 12.4. The first-order valence-corrected chi connectivity index (χ1v) is 4.12. The summed E-state index contributed by atoms with van der Waals surface area (Å²) < 4.78 is 63.5. The van der Waals surface area contributed by atoms with Gasteiger partial charge < -0.3 is 4.74 Å². The van der Waals surface area contributed by atoms with E-state index < -0.39 is 28.8 Å². The van der Waals surface area contributed by atoms with Crippen LogP contribution in [0.3, 0.4) is 0 Å². The first kappa shape index (κ1) is 12.8. The predicted molar refractivity (Wildman–Crippen MR) is 43.2 cm³/mol. The van der Waals surface area contributed by atoms with Gasteiger partial charge >= 0.3 is 12.3 Å². The smallest absolute Gasteiger partial charge is 0.420 e. The number of rotatable bonds is 2. The summed E-state index contributed by atoms with van der Waals surface area (Å²) in [5.41, 5.74) is 0. The van der Waals surface area contributed by atoms with Crippen LogP contribution in [-0.4, -0.2) is 12.3 Å². The van der Waals surface area contributed by atoms with Crippen molar-refractivity contribution in [3.05, 3.63) is 23.2 Å². The first-order chi connectivity index (χ1) is 7.15.